The van der Waals surface area contributed by atoms with Crippen LogP contribution < -0.4 is 10.6 Å². The van der Waals surface area contributed by atoms with E-state index in [9.17, 15) is 28.8 Å². The van der Waals surface area contributed by atoms with Crippen LogP contribution in [0.1, 0.15) is 465 Å². The fourth-order valence-electron chi connectivity index (χ4n) is 14.6. The lowest BCUT2D eigenvalue weighted by Gasteiger charge is -2.23. The van der Waals surface area contributed by atoms with E-state index in [0.29, 0.717) is 52.4 Å². The topological polar surface area (TPSA) is 170 Å². The second kappa shape index (κ2) is 84.2. The number of ether oxygens (including phenoxy) is 4. The van der Waals surface area contributed by atoms with Gasteiger partial charge in [0.05, 0.1) is 38.3 Å². The van der Waals surface area contributed by atoms with Gasteiger partial charge < -0.3 is 39.4 Å². The van der Waals surface area contributed by atoms with Gasteiger partial charge in [0.25, 0.3) is 0 Å². The molecule has 0 aromatic rings. The molecule has 106 heavy (non-hydrogen) atoms. The van der Waals surface area contributed by atoms with Crippen molar-refractivity contribution in [1.82, 2.24) is 20.4 Å². The van der Waals surface area contributed by atoms with Crippen LogP contribution in [0.15, 0.2) is 0 Å². The van der Waals surface area contributed by atoms with Crippen molar-refractivity contribution >= 4 is 35.7 Å². The van der Waals surface area contributed by atoms with E-state index in [2.05, 4.69) is 62.0 Å². The van der Waals surface area contributed by atoms with Gasteiger partial charge in [0.15, 0.2) is 0 Å². The molecule has 0 atom stereocenters. The highest BCUT2D eigenvalue weighted by Gasteiger charge is 2.22. The molecule has 0 spiro atoms. The smallest absolute Gasteiger partial charge is 0.308 e. The van der Waals surface area contributed by atoms with Crippen LogP contribution in [-0.4, -0.2) is 124 Å². The second-order valence-corrected chi connectivity index (χ2v) is 32.1. The molecule has 0 aromatic heterocycles. The van der Waals surface area contributed by atoms with E-state index in [1.54, 1.807) is 0 Å². The first-order chi connectivity index (χ1) is 52.0. The molecule has 0 heterocycles. The van der Waals surface area contributed by atoms with Crippen LogP contribution in [0.5, 0.6) is 0 Å². The highest BCUT2D eigenvalue weighted by molar-refractivity contribution is 5.83. The Morgan fingerprint density at radius 2 is 0.434 bits per heavy atom. The first-order valence-corrected chi connectivity index (χ1v) is 46.7. The molecule has 2 N–H and O–H groups in total. The van der Waals surface area contributed by atoms with Gasteiger partial charge >= 0.3 is 23.9 Å². The standard InChI is InChI=1S/C92H178N4O10/c1-7-13-19-25-31-33-35-45-61-81-103-89(99)69-55-49-59-77-95(75-57-43-37-47-63-83-105-91(101)85(65-51-39-27-21-15-9-3)66-52-40-28-22-16-10-4)79-73-93-87(97)71-72-88(98)94-74-80-96(78-60-50-56-70-90(100)104-82-62-46-36-34-32-26-20-14-8-2)76-58-44-38-48-64-84-106-92(102)86(67-53-41-29-23-17-11-5)68-54-42-30-24-18-12-6/h85-86H,7-84H2,1-6H3,(H,93,97)(H,94,98). The summed E-state index contributed by atoms with van der Waals surface area (Å²) in [4.78, 5) is 83.2. The minimum atomic E-state index is -0.115. The van der Waals surface area contributed by atoms with E-state index in [1.165, 1.54) is 218 Å². The van der Waals surface area contributed by atoms with Gasteiger partial charge in [0.2, 0.25) is 11.8 Å². The number of nitrogens with zero attached hydrogens (tertiary/aromatic N) is 2. The third-order valence-corrected chi connectivity index (χ3v) is 21.8. The van der Waals surface area contributed by atoms with Crippen molar-refractivity contribution in [3.8, 4) is 0 Å². The molecule has 0 unspecified atom stereocenters. The largest absolute Gasteiger partial charge is 0.466 e. The van der Waals surface area contributed by atoms with E-state index in [1.807, 2.05) is 0 Å². The van der Waals surface area contributed by atoms with Crippen molar-refractivity contribution in [2.75, 3.05) is 78.8 Å². The Hall–Kier alpha value is -3.26. The monoisotopic (exact) mass is 1500 g/mol. The van der Waals surface area contributed by atoms with E-state index in [0.717, 1.165) is 219 Å². The molecule has 14 nitrogen and oxygen atoms in total. The van der Waals surface area contributed by atoms with E-state index < -0.39 is 0 Å². The molecule has 0 aromatic carbocycles. The van der Waals surface area contributed by atoms with Gasteiger partial charge in [-0.3, -0.25) is 28.8 Å². The quantitative estimate of drug-likeness (QED) is 0.0336. The maximum absolute atomic E-state index is 13.3. The highest BCUT2D eigenvalue weighted by Crippen LogP contribution is 2.24. The molecular weight excluding hydrogens is 1320 g/mol. The Balaban J connectivity index is 5.37. The van der Waals surface area contributed by atoms with Crippen molar-refractivity contribution in [2.24, 2.45) is 11.8 Å². The molecule has 0 radical (unpaired) electrons. The summed E-state index contributed by atoms with van der Waals surface area (Å²) in [6.07, 6.45) is 72.8. The van der Waals surface area contributed by atoms with Gasteiger partial charge in [-0.2, -0.15) is 0 Å². The van der Waals surface area contributed by atoms with Gasteiger partial charge in [-0.15, -0.1) is 0 Å². The summed E-state index contributed by atoms with van der Waals surface area (Å²) in [5.74, 6) is -0.289. The van der Waals surface area contributed by atoms with Gasteiger partial charge in [-0.25, -0.2) is 0 Å². The fourth-order valence-corrected chi connectivity index (χ4v) is 14.6. The van der Waals surface area contributed by atoms with Crippen molar-refractivity contribution in [2.45, 2.75) is 465 Å². The average Bonchev–Trinajstić information content (AvgIpc) is 0.983. The molecular formula is C92H178N4O10. The molecule has 0 fully saturated rings. The SMILES string of the molecule is CCCCCCCCCCCOC(=O)CCCCCN(CCCCCCCOC(=O)C(CCCCCCCC)CCCCCCCC)CCNC(=O)CCC(=O)NCCN(CCCCCCCOC(=O)C(CCCCCCCC)CCCCCCCC)CCCCCC(=O)OCCCCCCCCCCC. The highest BCUT2D eigenvalue weighted by atomic mass is 16.5. The number of hydrogen-bond donors (Lipinski definition) is 2. The third kappa shape index (κ3) is 74.8. The lowest BCUT2D eigenvalue weighted by atomic mass is 9.94. The van der Waals surface area contributed by atoms with Crippen molar-refractivity contribution < 1.29 is 47.7 Å². The van der Waals surface area contributed by atoms with Crippen molar-refractivity contribution in [3.63, 3.8) is 0 Å². The third-order valence-electron chi connectivity index (χ3n) is 21.8. The summed E-state index contributed by atoms with van der Waals surface area (Å²) < 4.78 is 23.1. The molecule has 0 rings (SSSR count). The minimum Gasteiger partial charge on any atom is -0.466 e. The Bertz CT molecular complexity index is 1740. The van der Waals surface area contributed by atoms with Gasteiger partial charge in [-0.05, 0) is 116 Å². The number of esters is 4. The lowest BCUT2D eigenvalue weighted by molar-refractivity contribution is -0.150. The summed E-state index contributed by atoms with van der Waals surface area (Å²) in [5.41, 5.74) is 0. The predicted molar refractivity (Wildman–Crippen MR) is 448 cm³/mol. The number of nitrogens with one attached hydrogen (secondary N) is 2. The molecule has 0 bridgehead atoms. The number of rotatable bonds is 87. The molecule has 0 aliphatic heterocycles. The number of unbranched alkanes of at least 4 members (excludes halogenated alkanes) is 48. The second-order valence-electron chi connectivity index (χ2n) is 32.1. The first-order valence-electron chi connectivity index (χ1n) is 46.7. The van der Waals surface area contributed by atoms with Crippen LogP contribution >= 0.6 is 0 Å². The van der Waals surface area contributed by atoms with Crippen LogP contribution in [0.3, 0.4) is 0 Å². The number of carbonyl (C=O) groups is 6. The Labute approximate surface area is 656 Å². The Morgan fingerprint density at radius 1 is 0.226 bits per heavy atom. The van der Waals surface area contributed by atoms with Crippen LogP contribution in [0.2, 0.25) is 0 Å². The first kappa shape index (κ1) is 103. The number of hydrogen-bond acceptors (Lipinski definition) is 12. The van der Waals surface area contributed by atoms with Crippen LogP contribution in [0, 0.1) is 11.8 Å². The van der Waals surface area contributed by atoms with Gasteiger partial charge in [0, 0.05) is 51.9 Å². The molecule has 626 valence electrons. The number of amides is 2. The Kier molecular flexibility index (Phi) is 81.6. The average molecular weight is 1500 g/mol. The van der Waals surface area contributed by atoms with Crippen molar-refractivity contribution in [1.29, 1.82) is 0 Å². The van der Waals surface area contributed by atoms with E-state index >= 15 is 0 Å². The van der Waals surface area contributed by atoms with Crippen LogP contribution in [0.25, 0.3) is 0 Å². The summed E-state index contributed by atoms with van der Waals surface area (Å²) in [6.45, 7) is 21.7. The van der Waals surface area contributed by atoms with E-state index in [4.69, 9.17) is 18.9 Å². The molecule has 0 saturated heterocycles. The molecule has 0 aliphatic rings. The van der Waals surface area contributed by atoms with Gasteiger partial charge in [-0.1, -0.05) is 350 Å². The zero-order valence-corrected chi connectivity index (χ0v) is 71.3. The predicted octanol–water partition coefficient (Wildman–Crippen LogP) is 25.1. The number of carbonyl (C=O) groups excluding carboxylic acids is 6. The lowest BCUT2D eigenvalue weighted by Crippen LogP contribution is -2.37. The fraction of sp³-hybridized carbons (Fsp3) is 0.935. The Morgan fingerprint density at radius 3 is 0.689 bits per heavy atom. The summed E-state index contributed by atoms with van der Waals surface area (Å²) in [6, 6.07) is 0. The van der Waals surface area contributed by atoms with Crippen LogP contribution in [-0.2, 0) is 47.7 Å². The summed E-state index contributed by atoms with van der Waals surface area (Å²) >= 11 is 0. The summed E-state index contributed by atoms with van der Waals surface area (Å²) in [5, 5.41) is 6.23. The molecule has 0 saturated carbocycles. The minimum absolute atomic E-state index is 0.0226. The zero-order valence-electron chi connectivity index (χ0n) is 71.3. The zero-order chi connectivity index (χ0) is 77.2. The van der Waals surface area contributed by atoms with Crippen molar-refractivity contribution in [3.05, 3.63) is 0 Å². The normalized spacial score (nSPS) is 11.6. The molecule has 14 heteroatoms. The maximum Gasteiger partial charge on any atom is 0.308 e. The maximum atomic E-state index is 13.3. The molecule has 0 aliphatic carbocycles. The van der Waals surface area contributed by atoms with E-state index in [-0.39, 0.29) is 60.4 Å². The summed E-state index contributed by atoms with van der Waals surface area (Å²) in [7, 11) is 0. The van der Waals surface area contributed by atoms with Gasteiger partial charge in [0.1, 0.15) is 0 Å². The molecule has 2 amide bonds. The van der Waals surface area contributed by atoms with Crippen LogP contribution in [0.4, 0.5) is 0 Å².